The van der Waals surface area contributed by atoms with Crippen molar-refractivity contribution in [3.05, 3.63) is 65.7 Å². The molecule has 2 aromatic rings. The number of benzene rings is 2. The zero-order valence-electron chi connectivity index (χ0n) is 40.0. The molecule has 1 aliphatic heterocycles. The van der Waals surface area contributed by atoms with Crippen molar-refractivity contribution < 1.29 is 73.2 Å². The number of likely N-dealkylation sites (tertiary alicyclic amines) is 1. The number of amides is 8. The fourth-order valence-corrected chi connectivity index (χ4v) is 7.78. The van der Waals surface area contributed by atoms with Crippen LogP contribution in [-0.2, 0) is 65.6 Å². The number of carbonyl (C=O) groups is 11. The molecule has 8 amide bonds. The monoisotopic (exact) mass is 1010 g/mol. The van der Waals surface area contributed by atoms with Crippen LogP contribution in [0.4, 0.5) is 0 Å². The van der Waals surface area contributed by atoms with Gasteiger partial charge in [-0.1, -0.05) is 62.7 Å². The van der Waals surface area contributed by atoms with Crippen LogP contribution in [0.2, 0.25) is 0 Å². The molecule has 8 atom stereocenters. The van der Waals surface area contributed by atoms with Crippen LogP contribution in [0.5, 0.6) is 5.75 Å². The molecule has 2 aromatic carbocycles. The van der Waals surface area contributed by atoms with E-state index in [1.165, 1.54) is 17.0 Å². The Morgan fingerprint density at radius 1 is 0.625 bits per heavy atom. The van der Waals surface area contributed by atoms with Gasteiger partial charge in [0.15, 0.2) is 0 Å². The van der Waals surface area contributed by atoms with Crippen molar-refractivity contribution in [3.8, 4) is 5.75 Å². The number of unbranched alkanes of at least 4 members (excludes halogenated alkanes) is 1. The Morgan fingerprint density at radius 3 is 1.69 bits per heavy atom. The van der Waals surface area contributed by atoms with E-state index < -0.39 is 133 Å². The number of phenols is 1. The Labute approximate surface area is 414 Å². The Morgan fingerprint density at radius 2 is 1.12 bits per heavy atom. The summed E-state index contributed by atoms with van der Waals surface area (Å²) in [5, 5.41) is 52.6. The van der Waals surface area contributed by atoms with Gasteiger partial charge in [-0.2, -0.15) is 0 Å². The quantitative estimate of drug-likeness (QED) is 0.0360. The zero-order valence-corrected chi connectivity index (χ0v) is 40.0. The Bertz CT molecular complexity index is 2250. The number of hydrogen-bond acceptors (Lipinski definition) is 14. The highest BCUT2D eigenvalue weighted by atomic mass is 16.4. The van der Waals surface area contributed by atoms with E-state index in [0.29, 0.717) is 36.9 Å². The highest BCUT2D eigenvalue weighted by Crippen LogP contribution is 2.21. The average molecular weight is 1010 g/mol. The first-order chi connectivity index (χ1) is 34.0. The number of rotatable bonds is 30. The van der Waals surface area contributed by atoms with Crippen LogP contribution in [0.3, 0.4) is 0 Å². The number of hydrogen-bond donors (Lipinski definition) is 13. The molecule has 1 fully saturated rings. The zero-order chi connectivity index (χ0) is 53.7. The van der Waals surface area contributed by atoms with Crippen molar-refractivity contribution in [1.29, 1.82) is 0 Å². The first-order valence-corrected chi connectivity index (χ1v) is 23.3. The fourth-order valence-electron chi connectivity index (χ4n) is 7.78. The predicted molar refractivity (Wildman–Crippen MR) is 255 cm³/mol. The second kappa shape index (κ2) is 28.9. The third kappa shape index (κ3) is 19.6. The van der Waals surface area contributed by atoms with E-state index >= 15 is 0 Å². The summed E-state index contributed by atoms with van der Waals surface area (Å²) in [6.45, 7) is 3.76. The first kappa shape index (κ1) is 58.6. The summed E-state index contributed by atoms with van der Waals surface area (Å²) in [4.78, 5) is 145. The SMILES string of the molecule is CC(C)C[C@H](NC(=O)[C@H](CC(=O)O)NC(=O)[C@@H]1CCCN1C(=O)[C@H](Cc1ccc(O)cc1)NC(=O)[C@@H](N)CCCCN)C(=O)N[C@@H](CC(N)=O)C(=O)N[C@@H](Cc1ccccc1)C(=O)N[C@@H](CC(=O)O)C(=O)O. The number of carboxylic acid groups (broad SMARTS) is 3. The number of aromatic hydroxyl groups is 1. The van der Waals surface area contributed by atoms with Gasteiger partial charge in [0.1, 0.15) is 48.0 Å². The van der Waals surface area contributed by atoms with Gasteiger partial charge in [0.25, 0.3) is 0 Å². The molecule has 1 heterocycles. The van der Waals surface area contributed by atoms with Gasteiger partial charge in [-0.15, -0.1) is 0 Å². The molecule has 3 rings (SSSR count). The van der Waals surface area contributed by atoms with Crippen molar-refractivity contribution >= 4 is 65.2 Å². The second-order valence-corrected chi connectivity index (χ2v) is 17.8. The number of nitrogens with zero attached hydrogens (tertiary/aromatic N) is 1. The molecule has 0 unspecified atom stereocenters. The van der Waals surface area contributed by atoms with Crippen molar-refractivity contribution in [1.82, 2.24) is 36.8 Å². The molecular weight excluding hydrogens is 945 g/mol. The van der Waals surface area contributed by atoms with Gasteiger partial charge in [-0.05, 0) is 67.8 Å². The molecule has 1 aliphatic rings. The predicted octanol–water partition coefficient (Wildman–Crippen LogP) is -2.51. The van der Waals surface area contributed by atoms with E-state index in [4.69, 9.17) is 17.2 Å². The van der Waals surface area contributed by atoms with E-state index in [2.05, 4.69) is 31.9 Å². The summed E-state index contributed by atoms with van der Waals surface area (Å²) in [7, 11) is 0. The molecular formula is C47H66N10O15. The van der Waals surface area contributed by atoms with Gasteiger partial charge in [0.2, 0.25) is 47.3 Å². The maximum atomic E-state index is 14.2. The largest absolute Gasteiger partial charge is 0.508 e. The van der Waals surface area contributed by atoms with Gasteiger partial charge in [-0.25, -0.2) is 4.79 Å². The molecule has 25 heteroatoms. The average Bonchev–Trinajstić information content (AvgIpc) is 3.81. The van der Waals surface area contributed by atoms with Gasteiger partial charge < -0.3 is 74.4 Å². The van der Waals surface area contributed by atoms with E-state index in [1.54, 1.807) is 56.3 Å². The molecule has 72 heavy (non-hydrogen) atoms. The normalized spacial score (nSPS) is 16.1. The molecule has 0 aliphatic carbocycles. The molecule has 0 bridgehead atoms. The molecule has 394 valence electrons. The van der Waals surface area contributed by atoms with Crippen molar-refractivity contribution in [2.45, 2.75) is 133 Å². The van der Waals surface area contributed by atoms with Crippen LogP contribution < -0.4 is 49.1 Å². The minimum Gasteiger partial charge on any atom is -0.508 e. The number of primary amides is 1. The molecule has 0 aromatic heterocycles. The number of nitrogens with one attached hydrogen (secondary N) is 6. The van der Waals surface area contributed by atoms with Crippen LogP contribution in [-0.4, -0.2) is 152 Å². The van der Waals surface area contributed by atoms with E-state index in [0.717, 1.165) is 0 Å². The summed E-state index contributed by atoms with van der Waals surface area (Å²) in [6.07, 6.45) is -1.52. The van der Waals surface area contributed by atoms with Crippen LogP contribution in [0.25, 0.3) is 0 Å². The number of aliphatic carboxylic acids is 3. The number of carboxylic acids is 3. The summed E-state index contributed by atoms with van der Waals surface area (Å²) < 4.78 is 0. The third-order valence-corrected chi connectivity index (χ3v) is 11.4. The lowest BCUT2D eigenvalue weighted by Gasteiger charge is -2.30. The van der Waals surface area contributed by atoms with Crippen LogP contribution in [0.1, 0.15) is 82.8 Å². The Hall–Kier alpha value is -7.67. The molecule has 25 nitrogen and oxygen atoms in total. The maximum absolute atomic E-state index is 14.2. The highest BCUT2D eigenvalue weighted by Gasteiger charge is 2.41. The fraction of sp³-hybridized carbons (Fsp3) is 0.511. The number of carbonyl (C=O) groups excluding carboxylic acids is 8. The first-order valence-electron chi connectivity index (χ1n) is 23.3. The second-order valence-electron chi connectivity index (χ2n) is 17.8. The minimum absolute atomic E-state index is 0.0408. The number of phenolic OH excluding ortho intramolecular Hbond substituents is 1. The van der Waals surface area contributed by atoms with Gasteiger partial charge in [-0.3, -0.25) is 47.9 Å². The minimum atomic E-state index is -1.91. The summed E-state index contributed by atoms with van der Waals surface area (Å²) >= 11 is 0. The summed E-state index contributed by atoms with van der Waals surface area (Å²) in [5.74, 6) is -13.0. The van der Waals surface area contributed by atoms with Crippen molar-refractivity contribution in [3.63, 3.8) is 0 Å². The molecule has 16 N–H and O–H groups in total. The summed E-state index contributed by atoms with van der Waals surface area (Å²) in [5.41, 5.74) is 18.1. The van der Waals surface area contributed by atoms with Gasteiger partial charge >= 0.3 is 17.9 Å². The maximum Gasteiger partial charge on any atom is 0.326 e. The van der Waals surface area contributed by atoms with Crippen LogP contribution >= 0.6 is 0 Å². The Balaban J connectivity index is 1.85. The standard InChI is InChI=1S/C47H66N10O15/c1-25(2)19-30(41(65)53-32(22-37(50)59)43(67)52-31(20-26-9-4-3-5-10-26)42(66)56-35(47(71)72)24-39(62)63)51-44(68)33(23-38(60)61)54-45(69)36-12-8-18-57(36)46(70)34(21-27-13-15-28(58)16-14-27)55-40(64)29(49)11-6-7-17-48/h3-5,9-10,13-16,25,29-36,58H,6-8,11-12,17-24,48-49H2,1-2H3,(H2,50,59)(H,51,68)(H,52,67)(H,53,65)(H,54,69)(H,55,64)(H,56,66)(H,60,61)(H,62,63)(H,71,72)/t29-,30-,31-,32-,33-,34-,35-,36-/m0/s1. The van der Waals surface area contributed by atoms with E-state index in [-0.39, 0.29) is 50.3 Å². The topological polar surface area (TPSA) is 422 Å². The van der Waals surface area contributed by atoms with Crippen molar-refractivity contribution in [2.75, 3.05) is 13.1 Å². The molecule has 0 radical (unpaired) electrons. The van der Waals surface area contributed by atoms with Gasteiger partial charge in [0.05, 0.1) is 25.3 Å². The lowest BCUT2D eigenvalue weighted by Crippen LogP contribution is -2.60. The smallest absolute Gasteiger partial charge is 0.326 e. The lowest BCUT2D eigenvalue weighted by molar-refractivity contribution is -0.147. The molecule has 0 saturated carbocycles. The lowest BCUT2D eigenvalue weighted by atomic mass is 10.0. The summed E-state index contributed by atoms with van der Waals surface area (Å²) in [6, 6.07) is 1.70. The Kier molecular flexibility index (Phi) is 23.5. The van der Waals surface area contributed by atoms with Gasteiger partial charge in [0, 0.05) is 19.4 Å². The van der Waals surface area contributed by atoms with E-state index in [1.807, 2.05) is 0 Å². The molecule has 0 spiro atoms. The third-order valence-electron chi connectivity index (χ3n) is 11.4. The molecule has 1 saturated heterocycles. The van der Waals surface area contributed by atoms with Crippen LogP contribution in [0.15, 0.2) is 54.6 Å². The van der Waals surface area contributed by atoms with E-state index in [9.17, 15) is 73.2 Å². The highest BCUT2D eigenvalue weighted by molar-refractivity contribution is 5.99. The van der Waals surface area contributed by atoms with Crippen LogP contribution in [0, 0.1) is 5.92 Å². The van der Waals surface area contributed by atoms with Crippen molar-refractivity contribution in [2.24, 2.45) is 23.1 Å². The number of nitrogens with two attached hydrogens (primary N) is 3.